The molecule has 1 aromatic carbocycles. The van der Waals surface area contributed by atoms with Crippen molar-refractivity contribution in [2.24, 2.45) is 34.5 Å². The zero-order valence-electron chi connectivity index (χ0n) is 19.0. The fourth-order valence-electron chi connectivity index (χ4n) is 8.41. The molecule has 0 radical (unpaired) electrons. The van der Waals surface area contributed by atoms with E-state index >= 15 is 0 Å². The van der Waals surface area contributed by atoms with Crippen LogP contribution in [0.3, 0.4) is 0 Å². The van der Waals surface area contributed by atoms with Crippen molar-refractivity contribution in [3.05, 3.63) is 41.5 Å². The molecule has 0 aliphatic heterocycles. The summed E-state index contributed by atoms with van der Waals surface area (Å²) in [6.07, 6.45) is 14.4. The lowest BCUT2D eigenvalue weighted by Crippen LogP contribution is -2.53. The first-order chi connectivity index (χ1) is 14.4. The molecular formula is C28H38O2. The summed E-state index contributed by atoms with van der Waals surface area (Å²) < 4.78 is 6.07. The Hall–Kier alpha value is -1.57. The van der Waals surface area contributed by atoms with E-state index in [-0.39, 0.29) is 17.5 Å². The third-order valence-corrected chi connectivity index (χ3v) is 9.85. The Morgan fingerprint density at radius 2 is 1.77 bits per heavy atom. The van der Waals surface area contributed by atoms with Crippen molar-refractivity contribution in [3.63, 3.8) is 0 Å². The van der Waals surface area contributed by atoms with Crippen LogP contribution in [0.15, 0.2) is 35.9 Å². The standard InChI is InChI=1S/C28H38O2/c1-19(29)30-26-21(17-20-9-5-4-6-10-20)18-25-23-13-12-22-11-7-8-15-27(22,2)24(23)14-16-28(25,26)3/h4-6,9-10,17,22-26H,7-8,11-16,18H2,1-3H3/b21-17+/t22-,23-,24+,25+,26+,27+,28+/m1/s1. The van der Waals surface area contributed by atoms with Crippen molar-refractivity contribution in [2.45, 2.75) is 84.7 Å². The Kier molecular flexibility index (Phi) is 5.11. The highest BCUT2D eigenvalue weighted by molar-refractivity contribution is 5.67. The number of carbonyl (C=O) groups excluding carboxylic acids is 1. The number of benzene rings is 1. The van der Waals surface area contributed by atoms with E-state index in [2.05, 4.69) is 50.3 Å². The van der Waals surface area contributed by atoms with Crippen LogP contribution >= 0.6 is 0 Å². The van der Waals surface area contributed by atoms with Crippen molar-refractivity contribution in [2.75, 3.05) is 0 Å². The molecule has 2 heteroatoms. The maximum atomic E-state index is 12.1. The molecule has 162 valence electrons. The van der Waals surface area contributed by atoms with E-state index in [1.807, 2.05) is 0 Å². The van der Waals surface area contributed by atoms with Gasteiger partial charge in [-0.3, -0.25) is 4.79 Å². The van der Waals surface area contributed by atoms with Crippen LogP contribution in [0.5, 0.6) is 0 Å². The van der Waals surface area contributed by atoms with Gasteiger partial charge in [0, 0.05) is 12.3 Å². The minimum absolute atomic E-state index is 0.0574. The number of hydrogen-bond acceptors (Lipinski definition) is 2. The maximum Gasteiger partial charge on any atom is 0.303 e. The molecule has 5 rings (SSSR count). The first-order valence-electron chi connectivity index (χ1n) is 12.3. The van der Waals surface area contributed by atoms with Crippen LogP contribution in [-0.4, -0.2) is 12.1 Å². The molecule has 0 N–H and O–H groups in total. The molecule has 0 bridgehead atoms. The molecule has 4 aliphatic rings. The SMILES string of the molecule is CC(=O)O[C@H]1/C(=C/c2ccccc2)C[C@H]2[C@@H]3CC[C@H]4CCCC[C@]4(C)[C@H]3CC[C@]12C. The second-order valence-corrected chi connectivity index (χ2v) is 11.3. The lowest BCUT2D eigenvalue weighted by molar-refractivity contribution is -0.159. The quantitative estimate of drug-likeness (QED) is 0.492. The van der Waals surface area contributed by atoms with Crippen LogP contribution < -0.4 is 0 Å². The third kappa shape index (κ3) is 3.17. The van der Waals surface area contributed by atoms with E-state index in [9.17, 15) is 4.79 Å². The lowest BCUT2D eigenvalue weighted by atomic mass is 9.45. The third-order valence-electron chi connectivity index (χ3n) is 9.85. The van der Waals surface area contributed by atoms with Crippen LogP contribution in [0.2, 0.25) is 0 Å². The zero-order valence-corrected chi connectivity index (χ0v) is 19.0. The molecule has 4 aliphatic carbocycles. The van der Waals surface area contributed by atoms with E-state index < -0.39 is 0 Å². The van der Waals surface area contributed by atoms with Crippen LogP contribution in [0.4, 0.5) is 0 Å². The van der Waals surface area contributed by atoms with Crippen LogP contribution in [-0.2, 0) is 9.53 Å². The molecule has 0 unspecified atom stereocenters. The van der Waals surface area contributed by atoms with Crippen molar-refractivity contribution in [3.8, 4) is 0 Å². The fourth-order valence-corrected chi connectivity index (χ4v) is 8.41. The van der Waals surface area contributed by atoms with Crippen LogP contribution in [0.1, 0.15) is 84.1 Å². The van der Waals surface area contributed by atoms with Gasteiger partial charge >= 0.3 is 5.97 Å². The van der Waals surface area contributed by atoms with Gasteiger partial charge in [-0.1, -0.05) is 63.1 Å². The highest BCUT2D eigenvalue weighted by Crippen LogP contribution is 2.67. The number of carbonyl (C=O) groups is 1. The Morgan fingerprint density at radius 3 is 2.53 bits per heavy atom. The topological polar surface area (TPSA) is 26.3 Å². The summed E-state index contributed by atoms with van der Waals surface area (Å²) in [7, 11) is 0. The van der Waals surface area contributed by atoms with Gasteiger partial charge in [0.2, 0.25) is 0 Å². The monoisotopic (exact) mass is 406 g/mol. The first kappa shape index (κ1) is 20.3. The largest absolute Gasteiger partial charge is 0.457 e. The fraction of sp³-hybridized carbons (Fsp3) is 0.679. The smallest absolute Gasteiger partial charge is 0.303 e. The van der Waals surface area contributed by atoms with Crippen molar-refractivity contribution < 1.29 is 9.53 Å². The molecule has 1 aromatic rings. The summed E-state index contributed by atoms with van der Waals surface area (Å²) in [5, 5.41) is 0. The van der Waals surface area contributed by atoms with Crippen LogP contribution in [0, 0.1) is 34.5 Å². The number of esters is 1. The number of rotatable bonds is 2. The second kappa shape index (κ2) is 7.53. The molecule has 0 heterocycles. The van der Waals surface area contributed by atoms with E-state index in [1.165, 1.54) is 62.5 Å². The normalized spacial score (nSPS) is 44.1. The summed E-state index contributed by atoms with van der Waals surface area (Å²) in [6.45, 7) is 6.65. The van der Waals surface area contributed by atoms with Gasteiger partial charge in [-0.05, 0) is 85.2 Å². The Labute approximate surface area is 182 Å². The summed E-state index contributed by atoms with van der Waals surface area (Å²) >= 11 is 0. The molecular weight excluding hydrogens is 368 g/mol. The van der Waals surface area contributed by atoms with Crippen molar-refractivity contribution in [1.29, 1.82) is 0 Å². The van der Waals surface area contributed by atoms with Gasteiger partial charge in [0.25, 0.3) is 0 Å². The molecule has 7 atom stereocenters. The minimum atomic E-state index is -0.133. The van der Waals surface area contributed by atoms with Gasteiger partial charge in [-0.25, -0.2) is 0 Å². The minimum Gasteiger partial charge on any atom is -0.457 e. The van der Waals surface area contributed by atoms with Gasteiger partial charge in [0.05, 0.1) is 0 Å². The van der Waals surface area contributed by atoms with Gasteiger partial charge in [0.15, 0.2) is 0 Å². The Bertz CT molecular complexity index is 826. The molecule has 30 heavy (non-hydrogen) atoms. The van der Waals surface area contributed by atoms with Crippen LogP contribution in [0.25, 0.3) is 6.08 Å². The average Bonchev–Trinajstić information content (AvgIpc) is 3.00. The maximum absolute atomic E-state index is 12.1. The second-order valence-electron chi connectivity index (χ2n) is 11.3. The summed E-state index contributed by atoms with van der Waals surface area (Å²) in [6, 6.07) is 10.6. The molecule has 0 spiro atoms. The zero-order chi connectivity index (χ0) is 20.9. The number of fused-ring (bicyclic) bond motifs is 5. The van der Waals surface area contributed by atoms with E-state index in [0.717, 1.165) is 24.2 Å². The van der Waals surface area contributed by atoms with Gasteiger partial charge in [-0.2, -0.15) is 0 Å². The van der Waals surface area contributed by atoms with Gasteiger partial charge < -0.3 is 4.74 Å². The molecule has 4 saturated carbocycles. The number of hydrogen-bond donors (Lipinski definition) is 0. The highest BCUT2D eigenvalue weighted by Gasteiger charge is 2.61. The first-order valence-corrected chi connectivity index (χ1v) is 12.3. The molecule has 0 saturated heterocycles. The van der Waals surface area contributed by atoms with Crippen molar-refractivity contribution in [1.82, 2.24) is 0 Å². The van der Waals surface area contributed by atoms with E-state index in [1.54, 1.807) is 6.92 Å². The Morgan fingerprint density at radius 1 is 0.967 bits per heavy atom. The average molecular weight is 407 g/mol. The van der Waals surface area contributed by atoms with Gasteiger partial charge in [0.1, 0.15) is 6.10 Å². The Balaban J connectivity index is 1.50. The predicted molar refractivity (Wildman–Crippen MR) is 122 cm³/mol. The summed E-state index contributed by atoms with van der Waals surface area (Å²) in [4.78, 5) is 12.1. The molecule has 0 amide bonds. The molecule has 0 aromatic heterocycles. The summed E-state index contributed by atoms with van der Waals surface area (Å²) in [5.74, 6) is 3.12. The summed E-state index contributed by atoms with van der Waals surface area (Å²) in [5.41, 5.74) is 3.21. The highest BCUT2D eigenvalue weighted by atomic mass is 16.5. The molecule has 4 fully saturated rings. The molecule has 2 nitrogen and oxygen atoms in total. The van der Waals surface area contributed by atoms with Crippen molar-refractivity contribution >= 4 is 12.0 Å². The number of ether oxygens (including phenoxy) is 1. The van der Waals surface area contributed by atoms with E-state index in [4.69, 9.17) is 4.74 Å². The lowest BCUT2D eigenvalue weighted by Gasteiger charge is -2.60. The van der Waals surface area contributed by atoms with E-state index in [0.29, 0.717) is 11.3 Å². The van der Waals surface area contributed by atoms with Gasteiger partial charge in [-0.15, -0.1) is 0 Å². The predicted octanol–water partition coefficient (Wildman–Crippen LogP) is 7.04.